The highest BCUT2D eigenvalue weighted by atomic mass is 16.8. The summed E-state index contributed by atoms with van der Waals surface area (Å²) in [5, 5.41) is 64.4. The zero-order valence-corrected chi connectivity index (χ0v) is 32.1. The molecule has 3 aliphatic heterocycles. The van der Waals surface area contributed by atoms with Crippen molar-refractivity contribution in [3.05, 3.63) is 81.0 Å². The number of cyclic esters (lactones) is 1. The average Bonchev–Trinajstić information content (AvgIpc) is 3.69. The van der Waals surface area contributed by atoms with Crippen LogP contribution in [-0.4, -0.2) is 103 Å². The first-order chi connectivity index (χ1) is 24.3. The van der Waals surface area contributed by atoms with Gasteiger partial charge < -0.3 is 54.7 Å². The molecular weight excluding hydrogens is 692 g/mol. The fraction of sp³-hybridized carbons (Fsp3) is 0.564. The molecule has 53 heavy (non-hydrogen) atoms. The SMILES string of the molecule is C=C1O[C@H](C2COC3(CC(C)(C)C(C=C(C)C)=C(C)C3=O)O2)C(O)=C1O.CC(C)=CC1=C(C)C(=O)C(O)CC1(C)C.O=C1O[C@H]([C@@H](O)CO)C(O)=C1O. The van der Waals surface area contributed by atoms with E-state index in [0.717, 1.165) is 16.7 Å². The normalized spacial score (nSPS) is 29.7. The van der Waals surface area contributed by atoms with Gasteiger partial charge in [0.25, 0.3) is 0 Å². The number of rotatable bonds is 5. The molecule has 0 bridgehead atoms. The Hall–Kier alpha value is -4.21. The van der Waals surface area contributed by atoms with Crippen molar-refractivity contribution in [2.24, 2.45) is 10.8 Å². The van der Waals surface area contributed by atoms with Crippen LogP contribution in [0.3, 0.4) is 0 Å². The summed E-state index contributed by atoms with van der Waals surface area (Å²) < 4.78 is 21.6. The topological polar surface area (TPSA) is 230 Å². The highest BCUT2D eigenvalue weighted by molar-refractivity contribution is 6.03. The number of allylic oxidation sites excluding steroid dienone is 6. The number of carbonyl (C=O) groups excluding carboxylic acids is 3. The molecule has 0 amide bonds. The minimum Gasteiger partial charge on any atom is -0.505 e. The maximum atomic E-state index is 13.1. The van der Waals surface area contributed by atoms with Crippen LogP contribution >= 0.6 is 0 Å². The van der Waals surface area contributed by atoms with E-state index in [1.54, 1.807) is 13.8 Å². The van der Waals surface area contributed by atoms with Crippen LogP contribution < -0.4 is 0 Å². The standard InChI is InChI=1S/C20H26O6.C13H20O2.C6H8O6/c1-10(2)7-13-11(3)18(23)20(9-19(13,5)6)24-8-14(26-20)17-16(22)15(21)12(4)25-17;1-8(2)6-10-9(3)12(15)11(14)7-13(10,4)5;7-1-2(8)5-3(9)4(10)6(11)12-5/h7,14,17,21-22H,4,8-9H2,1-3,5-6H3;6,11,14H,7H2,1-5H3;2,5,7-10H,1H2/t14?,17-,20?;;2-,5+/m1.0/s1. The van der Waals surface area contributed by atoms with Crippen LogP contribution in [0, 0.1) is 10.8 Å². The molecule has 5 rings (SSSR count). The number of aliphatic hydroxyl groups excluding tert-OH is 7. The van der Waals surface area contributed by atoms with E-state index >= 15 is 0 Å². The Kier molecular flexibility index (Phi) is 13.1. The fourth-order valence-electron chi connectivity index (χ4n) is 6.94. The molecule has 0 radical (unpaired) electrons. The smallest absolute Gasteiger partial charge is 0.377 e. The summed E-state index contributed by atoms with van der Waals surface area (Å²) in [5.41, 5.74) is 5.22. The summed E-state index contributed by atoms with van der Waals surface area (Å²) in [4.78, 5) is 35.3. The zero-order chi connectivity index (χ0) is 40.5. The van der Waals surface area contributed by atoms with Gasteiger partial charge in [0.05, 0.1) is 13.2 Å². The van der Waals surface area contributed by atoms with Crippen molar-refractivity contribution in [2.45, 2.75) is 118 Å². The van der Waals surface area contributed by atoms with E-state index in [2.05, 4.69) is 45.1 Å². The van der Waals surface area contributed by atoms with Crippen molar-refractivity contribution in [1.82, 2.24) is 0 Å². The zero-order valence-electron chi connectivity index (χ0n) is 32.1. The molecular formula is C39H54O14. The lowest BCUT2D eigenvalue weighted by molar-refractivity contribution is -0.198. The largest absolute Gasteiger partial charge is 0.505 e. The Morgan fingerprint density at radius 3 is 1.87 bits per heavy atom. The number of hydrogen-bond donors (Lipinski definition) is 7. The molecule has 3 heterocycles. The molecule has 0 aromatic rings. The van der Waals surface area contributed by atoms with E-state index in [4.69, 9.17) is 34.6 Å². The molecule has 14 heteroatoms. The molecule has 2 aliphatic carbocycles. The van der Waals surface area contributed by atoms with Gasteiger partial charge in [-0.3, -0.25) is 9.59 Å². The van der Waals surface area contributed by atoms with Gasteiger partial charge in [-0.05, 0) is 75.5 Å². The summed E-state index contributed by atoms with van der Waals surface area (Å²) in [6, 6.07) is 0. The molecule has 1 saturated heterocycles. The van der Waals surface area contributed by atoms with Crippen molar-refractivity contribution in [2.75, 3.05) is 13.2 Å². The predicted octanol–water partition coefficient (Wildman–Crippen LogP) is 4.84. The number of Topliss-reactive ketones (excluding diaryl/α,β-unsaturated/α-hetero) is 2. The third-order valence-corrected chi connectivity index (χ3v) is 9.55. The van der Waals surface area contributed by atoms with Gasteiger partial charge in [0.2, 0.25) is 17.3 Å². The first-order valence-corrected chi connectivity index (χ1v) is 17.2. The van der Waals surface area contributed by atoms with Crippen LogP contribution in [0.1, 0.15) is 82.1 Å². The first kappa shape index (κ1) is 43.2. The Balaban J connectivity index is 0.000000237. The molecule has 7 N–H and O–H groups in total. The monoisotopic (exact) mass is 746 g/mol. The van der Waals surface area contributed by atoms with E-state index in [9.17, 15) is 29.7 Å². The number of ether oxygens (including phenoxy) is 4. The van der Waals surface area contributed by atoms with Gasteiger partial charge in [-0.1, -0.05) is 57.6 Å². The van der Waals surface area contributed by atoms with Gasteiger partial charge in [0, 0.05) is 12.0 Å². The van der Waals surface area contributed by atoms with Crippen molar-refractivity contribution in [1.29, 1.82) is 0 Å². The second-order valence-electron chi connectivity index (χ2n) is 15.6. The number of aliphatic hydroxyl groups is 7. The molecule has 14 nitrogen and oxygen atoms in total. The van der Waals surface area contributed by atoms with Gasteiger partial charge in [0.15, 0.2) is 41.0 Å². The van der Waals surface area contributed by atoms with Gasteiger partial charge in [-0.2, -0.15) is 0 Å². The van der Waals surface area contributed by atoms with Crippen molar-refractivity contribution >= 4 is 17.5 Å². The summed E-state index contributed by atoms with van der Waals surface area (Å²) in [6.45, 7) is 22.8. The molecule has 5 aliphatic rings. The third kappa shape index (κ3) is 8.95. The van der Waals surface area contributed by atoms with Crippen LogP contribution in [0.15, 0.2) is 81.0 Å². The summed E-state index contributed by atoms with van der Waals surface area (Å²) >= 11 is 0. The maximum absolute atomic E-state index is 13.1. The van der Waals surface area contributed by atoms with Crippen molar-refractivity contribution in [3.63, 3.8) is 0 Å². The number of hydrogen-bond acceptors (Lipinski definition) is 14. The lowest BCUT2D eigenvalue weighted by atomic mass is 9.69. The van der Waals surface area contributed by atoms with E-state index < -0.39 is 66.2 Å². The van der Waals surface area contributed by atoms with Gasteiger partial charge in [0.1, 0.15) is 18.3 Å². The molecule has 3 unspecified atom stereocenters. The van der Waals surface area contributed by atoms with Crippen LogP contribution in [0.2, 0.25) is 0 Å². The minimum atomic E-state index is -1.42. The number of ketones is 2. The molecule has 294 valence electrons. The summed E-state index contributed by atoms with van der Waals surface area (Å²) in [5.74, 6) is -5.27. The summed E-state index contributed by atoms with van der Waals surface area (Å²) in [7, 11) is 0. The fourth-order valence-corrected chi connectivity index (χ4v) is 6.94. The number of esters is 1. The van der Waals surface area contributed by atoms with Crippen molar-refractivity contribution in [3.8, 4) is 0 Å². The summed E-state index contributed by atoms with van der Waals surface area (Å²) in [6.07, 6.45) is -0.286. The van der Waals surface area contributed by atoms with Crippen LogP contribution in [0.25, 0.3) is 0 Å². The van der Waals surface area contributed by atoms with Crippen LogP contribution in [0.4, 0.5) is 0 Å². The molecule has 0 saturated carbocycles. The molecule has 0 aromatic carbocycles. The highest BCUT2D eigenvalue weighted by Crippen LogP contribution is 2.49. The lowest BCUT2D eigenvalue weighted by Gasteiger charge is -2.41. The van der Waals surface area contributed by atoms with E-state index in [1.165, 1.54) is 5.57 Å². The molecule has 0 aromatic heterocycles. The van der Waals surface area contributed by atoms with Crippen LogP contribution in [0.5, 0.6) is 0 Å². The third-order valence-electron chi connectivity index (χ3n) is 9.55. The van der Waals surface area contributed by atoms with Gasteiger partial charge in [-0.25, -0.2) is 4.79 Å². The first-order valence-electron chi connectivity index (χ1n) is 17.2. The predicted molar refractivity (Wildman–Crippen MR) is 192 cm³/mol. The molecule has 1 fully saturated rings. The Labute approximate surface area is 309 Å². The minimum absolute atomic E-state index is 0.0192. The highest BCUT2D eigenvalue weighted by Gasteiger charge is 2.58. The number of carbonyl (C=O) groups is 3. The lowest BCUT2D eigenvalue weighted by Crippen LogP contribution is -2.49. The second kappa shape index (κ2) is 16.0. The molecule has 6 atom stereocenters. The Bertz CT molecular complexity index is 1710. The van der Waals surface area contributed by atoms with E-state index in [0.29, 0.717) is 24.0 Å². The van der Waals surface area contributed by atoms with Gasteiger partial charge in [-0.15, -0.1) is 0 Å². The maximum Gasteiger partial charge on any atom is 0.377 e. The Morgan fingerprint density at radius 2 is 1.42 bits per heavy atom. The van der Waals surface area contributed by atoms with Crippen LogP contribution in [-0.2, 0) is 33.3 Å². The quantitative estimate of drug-likeness (QED) is 0.187. The van der Waals surface area contributed by atoms with E-state index in [1.807, 2.05) is 33.8 Å². The Morgan fingerprint density at radius 1 is 0.868 bits per heavy atom. The molecule has 1 spiro atoms. The van der Waals surface area contributed by atoms with Gasteiger partial charge >= 0.3 is 5.97 Å². The average molecular weight is 747 g/mol. The van der Waals surface area contributed by atoms with Crippen molar-refractivity contribution < 1.29 is 69.1 Å². The second-order valence-corrected chi connectivity index (χ2v) is 15.6. The van der Waals surface area contributed by atoms with E-state index in [-0.39, 0.29) is 40.5 Å².